The molecule has 3 heterocycles. The van der Waals surface area contributed by atoms with Crippen LogP contribution in [0.1, 0.15) is 19.0 Å². The first-order valence-corrected chi connectivity index (χ1v) is 7.68. The first kappa shape index (κ1) is 11.9. The maximum absolute atomic E-state index is 5.54. The Morgan fingerprint density at radius 3 is 3.17 bits per heavy atom. The molecule has 0 bridgehead atoms. The normalized spacial score (nSPS) is 11.4. The van der Waals surface area contributed by atoms with Crippen LogP contribution in [0.2, 0.25) is 0 Å². The molecule has 94 valence electrons. The highest BCUT2D eigenvalue weighted by Crippen LogP contribution is 2.37. The molecule has 0 aromatic carbocycles. The van der Waals surface area contributed by atoms with Crippen LogP contribution < -0.4 is 5.32 Å². The molecule has 3 nitrogen and oxygen atoms in total. The summed E-state index contributed by atoms with van der Waals surface area (Å²) in [4.78, 5) is 5.47. The molecule has 3 aromatic heterocycles. The Labute approximate surface area is 113 Å². The Hall–Kier alpha value is -1.17. The Kier molecular flexibility index (Phi) is 3.45. The lowest BCUT2D eigenvalue weighted by Crippen LogP contribution is -2.14. The number of rotatable bonds is 5. The van der Waals surface area contributed by atoms with E-state index in [2.05, 4.69) is 34.7 Å². The fourth-order valence-electron chi connectivity index (χ4n) is 1.86. The second kappa shape index (κ2) is 5.22. The molecule has 0 spiro atoms. The fraction of sp³-hybridized carbons (Fsp3) is 0.308. The average molecular weight is 278 g/mol. The number of hydrogen-bond donors (Lipinski definition) is 1. The van der Waals surface area contributed by atoms with Gasteiger partial charge in [0, 0.05) is 15.9 Å². The van der Waals surface area contributed by atoms with Crippen LogP contribution in [0.15, 0.2) is 28.3 Å². The van der Waals surface area contributed by atoms with Gasteiger partial charge in [-0.1, -0.05) is 6.92 Å². The van der Waals surface area contributed by atoms with Crippen molar-refractivity contribution in [2.45, 2.75) is 19.9 Å². The van der Waals surface area contributed by atoms with Crippen molar-refractivity contribution in [3.63, 3.8) is 0 Å². The Bertz CT molecular complexity index is 610. The molecule has 0 aliphatic heterocycles. The third-order valence-corrected chi connectivity index (χ3v) is 4.82. The van der Waals surface area contributed by atoms with Crippen molar-refractivity contribution in [2.24, 2.45) is 0 Å². The molecular formula is C13H14N2OS2. The minimum Gasteiger partial charge on any atom is -0.442 e. The van der Waals surface area contributed by atoms with Crippen molar-refractivity contribution in [3.05, 3.63) is 29.6 Å². The van der Waals surface area contributed by atoms with Crippen LogP contribution in [0.4, 0.5) is 0 Å². The maximum Gasteiger partial charge on any atom is 0.181 e. The topological polar surface area (TPSA) is 38.1 Å². The van der Waals surface area contributed by atoms with E-state index < -0.39 is 0 Å². The van der Waals surface area contributed by atoms with E-state index in [1.165, 1.54) is 20.7 Å². The molecule has 0 aliphatic carbocycles. The van der Waals surface area contributed by atoms with Crippen molar-refractivity contribution >= 4 is 32.1 Å². The van der Waals surface area contributed by atoms with Crippen molar-refractivity contribution in [2.75, 3.05) is 6.54 Å². The fourth-order valence-corrected chi connectivity index (χ4v) is 3.98. The van der Waals surface area contributed by atoms with E-state index in [1.807, 2.05) is 0 Å². The summed E-state index contributed by atoms with van der Waals surface area (Å²) in [5.41, 5.74) is 0.998. The lowest BCUT2D eigenvalue weighted by molar-refractivity contribution is 0.570. The number of fused-ring (bicyclic) bond motifs is 1. The first-order valence-electron chi connectivity index (χ1n) is 5.99. The van der Waals surface area contributed by atoms with Crippen LogP contribution in [-0.2, 0) is 6.54 Å². The van der Waals surface area contributed by atoms with E-state index in [0.29, 0.717) is 0 Å². The zero-order valence-electron chi connectivity index (χ0n) is 10.1. The summed E-state index contributed by atoms with van der Waals surface area (Å²) < 4.78 is 8.18. The van der Waals surface area contributed by atoms with Gasteiger partial charge in [0.15, 0.2) is 12.2 Å². The van der Waals surface area contributed by atoms with E-state index in [4.69, 9.17) is 4.42 Å². The summed E-state index contributed by atoms with van der Waals surface area (Å²) in [7, 11) is 0. The van der Waals surface area contributed by atoms with Crippen LogP contribution in [0.5, 0.6) is 0 Å². The van der Waals surface area contributed by atoms with Gasteiger partial charge in [0.1, 0.15) is 5.69 Å². The summed E-state index contributed by atoms with van der Waals surface area (Å²) >= 11 is 3.53. The van der Waals surface area contributed by atoms with Gasteiger partial charge in [-0.3, -0.25) is 0 Å². The summed E-state index contributed by atoms with van der Waals surface area (Å²) in [6, 6.07) is 4.34. The van der Waals surface area contributed by atoms with Gasteiger partial charge in [0.05, 0.1) is 4.88 Å². The molecule has 0 aliphatic rings. The van der Waals surface area contributed by atoms with Gasteiger partial charge in [-0.25, -0.2) is 4.98 Å². The van der Waals surface area contributed by atoms with Gasteiger partial charge < -0.3 is 9.73 Å². The summed E-state index contributed by atoms with van der Waals surface area (Å²) in [5.74, 6) is 0.909. The van der Waals surface area contributed by atoms with Gasteiger partial charge >= 0.3 is 0 Å². The summed E-state index contributed by atoms with van der Waals surface area (Å²) in [6.07, 6.45) is 2.66. The number of hydrogen-bond acceptors (Lipinski definition) is 5. The van der Waals surface area contributed by atoms with E-state index in [-0.39, 0.29) is 0 Å². The zero-order chi connectivity index (χ0) is 12.4. The van der Waals surface area contributed by atoms with Crippen LogP contribution in [0.3, 0.4) is 0 Å². The lowest BCUT2D eigenvalue weighted by atomic mass is 10.3. The van der Waals surface area contributed by atoms with Gasteiger partial charge in [0.2, 0.25) is 0 Å². The first-order chi connectivity index (χ1) is 8.88. The predicted octanol–water partition coefficient (Wildman–Crippen LogP) is 4.12. The minimum atomic E-state index is 0.769. The molecule has 0 fully saturated rings. The van der Waals surface area contributed by atoms with Crippen LogP contribution in [0.25, 0.3) is 20.0 Å². The van der Waals surface area contributed by atoms with Crippen molar-refractivity contribution in [1.82, 2.24) is 10.3 Å². The van der Waals surface area contributed by atoms with Gasteiger partial charge in [-0.15, -0.1) is 22.7 Å². The second-order valence-corrected chi connectivity index (χ2v) is 6.10. The van der Waals surface area contributed by atoms with E-state index >= 15 is 0 Å². The molecule has 3 aromatic rings. The largest absolute Gasteiger partial charge is 0.442 e. The molecule has 1 N–H and O–H groups in total. The minimum absolute atomic E-state index is 0.769. The third kappa shape index (κ3) is 2.21. The van der Waals surface area contributed by atoms with Crippen molar-refractivity contribution in [1.29, 1.82) is 0 Å². The molecule has 18 heavy (non-hydrogen) atoms. The second-order valence-electron chi connectivity index (χ2n) is 4.06. The Balaban J connectivity index is 1.87. The highest BCUT2D eigenvalue weighted by Gasteiger charge is 2.13. The maximum atomic E-state index is 5.54. The lowest BCUT2D eigenvalue weighted by Gasteiger charge is -2.00. The molecule has 0 amide bonds. The third-order valence-electron chi connectivity index (χ3n) is 2.72. The molecule has 0 radical (unpaired) electrons. The quantitative estimate of drug-likeness (QED) is 0.713. The zero-order valence-corrected chi connectivity index (χ0v) is 11.7. The smallest absolute Gasteiger partial charge is 0.181 e. The molecule has 5 heteroatoms. The number of oxazole rings is 1. The highest BCUT2D eigenvalue weighted by molar-refractivity contribution is 7.28. The highest BCUT2D eigenvalue weighted by atomic mass is 32.1. The molecule has 3 rings (SSSR count). The van der Waals surface area contributed by atoms with Crippen molar-refractivity contribution < 1.29 is 4.42 Å². The number of nitrogens with one attached hydrogen (secondary N) is 1. The molecule has 0 saturated heterocycles. The van der Waals surface area contributed by atoms with E-state index in [0.717, 1.165) is 31.0 Å². The SMILES string of the molecule is CCCNCc1ncoc1-c1cc2sccc2s1. The van der Waals surface area contributed by atoms with Crippen molar-refractivity contribution in [3.8, 4) is 10.6 Å². The van der Waals surface area contributed by atoms with Gasteiger partial charge in [-0.05, 0) is 30.5 Å². The predicted molar refractivity (Wildman–Crippen MR) is 77.2 cm³/mol. The molecule has 0 unspecified atom stereocenters. The Morgan fingerprint density at radius 2 is 2.33 bits per heavy atom. The molecular weight excluding hydrogens is 264 g/mol. The monoisotopic (exact) mass is 278 g/mol. The number of aromatic nitrogens is 1. The van der Waals surface area contributed by atoms with Crippen LogP contribution in [-0.4, -0.2) is 11.5 Å². The van der Waals surface area contributed by atoms with Gasteiger partial charge in [0.25, 0.3) is 0 Å². The summed E-state index contributed by atoms with van der Waals surface area (Å²) in [5, 5.41) is 5.48. The number of thiophene rings is 2. The van der Waals surface area contributed by atoms with Crippen LogP contribution >= 0.6 is 22.7 Å². The molecule has 0 saturated carbocycles. The average Bonchev–Trinajstić information content (AvgIpc) is 3.02. The van der Waals surface area contributed by atoms with E-state index in [9.17, 15) is 0 Å². The number of nitrogens with zero attached hydrogens (tertiary/aromatic N) is 1. The molecule has 0 atom stereocenters. The van der Waals surface area contributed by atoms with Crippen LogP contribution in [0, 0.1) is 0 Å². The summed E-state index contributed by atoms with van der Waals surface area (Å²) in [6.45, 7) is 3.93. The van der Waals surface area contributed by atoms with Gasteiger partial charge in [-0.2, -0.15) is 0 Å². The van der Waals surface area contributed by atoms with E-state index in [1.54, 1.807) is 22.7 Å². The Morgan fingerprint density at radius 1 is 1.39 bits per heavy atom. The standard InChI is InChI=1S/C13H14N2OS2/c1-2-4-14-7-9-13(16-8-15-9)12-6-11-10(18-12)3-5-17-11/h3,5-6,8,14H,2,4,7H2,1H3.